The Labute approximate surface area is 141 Å². The molecule has 0 saturated heterocycles. The topological polar surface area (TPSA) is 66.4 Å². The Morgan fingerprint density at radius 2 is 1.87 bits per heavy atom. The molecule has 3 aromatic rings. The van der Waals surface area contributed by atoms with Crippen LogP contribution in [0.3, 0.4) is 0 Å². The second kappa shape index (κ2) is 6.76. The SMILES string of the molecule is O=C(O)Cc1cc(C(=O)Nc2ccccc2)sc1-c1cccs1. The molecule has 2 N–H and O–H groups in total. The minimum atomic E-state index is -0.907. The third-order valence-electron chi connectivity index (χ3n) is 3.15. The highest BCUT2D eigenvalue weighted by atomic mass is 32.1. The molecule has 0 radical (unpaired) electrons. The molecule has 1 amide bonds. The summed E-state index contributed by atoms with van der Waals surface area (Å²) in [6.45, 7) is 0. The third-order valence-corrected chi connectivity index (χ3v) is 5.38. The number of rotatable bonds is 5. The summed E-state index contributed by atoms with van der Waals surface area (Å²) in [5, 5.41) is 13.8. The molecule has 2 aromatic heterocycles. The predicted molar refractivity (Wildman–Crippen MR) is 93.4 cm³/mol. The van der Waals surface area contributed by atoms with Crippen molar-refractivity contribution in [1.29, 1.82) is 0 Å². The van der Waals surface area contributed by atoms with Gasteiger partial charge in [-0.05, 0) is 35.2 Å². The second-order valence-corrected chi connectivity index (χ2v) is 6.83. The Balaban J connectivity index is 1.90. The highest BCUT2D eigenvalue weighted by molar-refractivity contribution is 7.22. The van der Waals surface area contributed by atoms with Gasteiger partial charge in [-0.1, -0.05) is 24.3 Å². The van der Waals surface area contributed by atoms with Crippen molar-refractivity contribution >= 4 is 40.2 Å². The van der Waals surface area contributed by atoms with Crippen LogP contribution in [-0.2, 0) is 11.2 Å². The van der Waals surface area contributed by atoms with E-state index in [4.69, 9.17) is 5.11 Å². The van der Waals surface area contributed by atoms with Crippen LogP contribution >= 0.6 is 22.7 Å². The lowest BCUT2D eigenvalue weighted by atomic mass is 10.1. The first kappa shape index (κ1) is 15.5. The Morgan fingerprint density at radius 1 is 1.09 bits per heavy atom. The number of thiophene rings is 2. The molecule has 3 rings (SSSR count). The largest absolute Gasteiger partial charge is 0.481 e. The lowest BCUT2D eigenvalue weighted by Crippen LogP contribution is -2.10. The molecule has 23 heavy (non-hydrogen) atoms. The molecule has 2 heterocycles. The first-order valence-electron chi connectivity index (χ1n) is 6.88. The molecule has 0 unspecified atom stereocenters. The van der Waals surface area contributed by atoms with E-state index in [1.807, 2.05) is 47.8 Å². The first-order chi connectivity index (χ1) is 11.1. The summed E-state index contributed by atoms with van der Waals surface area (Å²) in [5.74, 6) is -1.13. The van der Waals surface area contributed by atoms with E-state index in [1.165, 1.54) is 22.7 Å². The van der Waals surface area contributed by atoms with Crippen LogP contribution in [0.1, 0.15) is 15.2 Å². The molecule has 0 saturated carbocycles. The summed E-state index contributed by atoms with van der Waals surface area (Å²) < 4.78 is 0. The van der Waals surface area contributed by atoms with Crippen molar-refractivity contribution < 1.29 is 14.7 Å². The summed E-state index contributed by atoms with van der Waals surface area (Å²) in [4.78, 5) is 25.8. The molecule has 6 heteroatoms. The molecule has 116 valence electrons. The molecule has 0 atom stereocenters. The van der Waals surface area contributed by atoms with Gasteiger partial charge in [-0.3, -0.25) is 9.59 Å². The van der Waals surface area contributed by atoms with E-state index in [2.05, 4.69) is 5.32 Å². The number of benzene rings is 1. The fourth-order valence-electron chi connectivity index (χ4n) is 2.17. The average Bonchev–Trinajstić information content (AvgIpc) is 3.16. The number of aliphatic carboxylic acids is 1. The molecule has 0 spiro atoms. The van der Waals surface area contributed by atoms with Gasteiger partial charge >= 0.3 is 5.97 Å². The standard InChI is InChI=1S/C17H13NO3S2/c19-15(20)10-11-9-14(23-16(11)13-7-4-8-22-13)17(21)18-12-5-2-1-3-6-12/h1-9H,10H2,(H,18,21)(H,19,20). The van der Waals surface area contributed by atoms with Crippen LogP contribution in [-0.4, -0.2) is 17.0 Å². The summed E-state index contributed by atoms with van der Waals surface area (Å²) >= 11 is 2.85. The minimum Gasteiger partial charge on any atom is -0.481 e. The maximum Gasteiger partial charge on any atom is 0.307 e. The van der Waals surface area contributed by atoms with Crippen LogP contribution in [0.15, 0.2) is 53.9 Å². The Bertz CT molecular complexity index is 823. The van der Waals surface area contributed by atoms with Crippen molar-refractivity contribution in [2.24, 2.45) is 0 Å². The number of carboxylic acid groups (broad SMARTS) is 1. The van der Waals surface area contributed by atoms with E-state index in [1.54, 1.807) is 6.07 Å². The van der Waals surface area contributed by atoms with Gasteiger partial charge in [0.2, 0.25) is 0 Å². The molecule has 0 aliphatic carbocycles. The number of hydrogen-bond donors (Lipinski definition) is 2. The smallest absolute Gasteiger partial charge is 0.307 e. The fourth-order valence-corrected chi connectivity index (χ4v) is 4.13. The zero-order valence-electron chi connectivity index (χ0n) is 12.0. The summed E-state index contributed by atoms with van der Waals surface area (Å²) in [6.07, 6.45) is -0.0949. The zero-order chi connectivity index (χ0) is 16.2. The number of hydrogen-bond acceptors (Lipinski definition) is 4. The van der Waals surface area contributed by atoms with Gasteiger partial charge in [0.05, 0.1) is 11.3 Å². The highest BCUT2D eigenvalue weighted by Crippen LogP contribution is 2.36. The molecule has 0 bridgehead atoms. The molecule has 0 fully saturated rings. The predicted octanol–water partition coefficient (Wildman–Crippen LogP) is 4.36. The Hall–Kier alpha value is -2.44. The van der Waals surface area contributed by atoms with E-state index in [9.17, 15) is 9.59 Å². The lowest BCUT2D eigenvalue weighted by Gasteiger charge is -2.02. The quantitative estimate of drug-likeness (QED) is 0.723. The van der Waals surface area contributed by atoms with Gasteiger partial charge in [0, 0.05) is 15.4 Å². The van der Waals surface area contributed by atoms with Crippen LogP contribution < -0.4 is 5.32 Å². The third kappa shape index (κ3) is 3.67. The fraction of sp³-hybridized carbons (Fsp3) is 0.0588. The van der Waals surface area contributed by atoms with E-state index < -0.39 is 5.97 Å². The monoisotopic (exact) mass is 343 g/mol. The van der Waals surface area contributed by atoms with Crippen molar-refractivity contribution in [3.05, 3.63) is 64.4 Å². The van der Waals surface area contributed by atoms with E-state index in [0.29, 0.717) is 16.1 Å². The number of amides is 1. The van der Waals surface area contributed by atoms with Crippen molar-refractivity contribution in [2.75, 3.05) is 5.32 Å². The van der Waals surface area contributed by atoms with E-state index in [0.717, 1.165) is 9.75 Å². The van der Waals surface area contributed by atoms with Gasteiger partial charge in [-0.2, -0.15) is 0 Å². The van der Waals surface area contributed by atoms with Crippen LogP contribution in [0.4, 0.5) is 5.69 Å². The number of anilines is 1. The van der Waals surface area contributed by atoms with E-state index >= 15 is 0 Å². The minimum absolute atomic E-state index is 0.0949. The van der Waals surface area contributed by atoms with Gasteiger partial charge in [-0.15, -0.1) is 22.7 Å². The van der Waals surface area contributed by atoms with Gasteiger partial charge in [0.15, 0.2) is 0 Å². The number of carbonyl (C=O) groups is 2. The molecular formula is C17H13NO3S2. The summed E-state index contributed by atoms with van der Waals surface area (Å²) in [6, 6.07) is 14.7. The van der Waals surface area contributed by atoms with Crippen LogP contribution in [0.2, 0.25) is 0 Å². The average molecular weight is 343 g/mol. The number of carboxylic acids is 1. The van der Waals surface area contributed by atoms with Crippen LogP contribution in [0.25, 0.3) is 9.75 Å². The first-order valence-corrected chi connectivity index (χ1v) is 8.58. The molecule has 1 aromatic carbocycles. The summed E-state index contributed by atoms with van der Waals surface area (Å²) in [7, 11) is 0. The van der Waals surface area contributed by atoms with Crippen LogP contribution in [0, 0.1) is 0 Å². The summed E-state index contributed by atoms with van der Waals surface area (Å²) in [5.41, 5.74) is 1.38. The van der Waals surface area contributed by atoms with Gasteiger partial charge in [-0.25, -0.2) is 0 Å². The van der Waals surface area contributed by atoms with Crippen LogP contribution in [0.5, 0.6) is 0 Å². The second-order valence-electron chi connectivity index (χ2n) is 4.83. The van der Waals surface area contributed by atoms with Gasteiger partial charge in [0.25, 0.3) is 5.91 Å². The molecule has 4 nitrogen and oxygen atoms in total. The lowest BCUT2D eigenvalue weighted by molar-refractivity contribution is -0.136. The highest BCUT2D eigenvalue weighted by Gasteiger charge is 2.18. The number of carbonyl (C=O) groups excluding carboxylic acids is 1. The van der Waals surface area contributed by atoms with Crippen molar-refractivity contribution in [2.45, 2.75) is 6.42 Å². The molecular weight excluding hydrogens is 330 g/mol. The molecule has 0 aliphatic rings. The Kier molecular flexibility index (Phi) is 4.55. The number of para-hydroxylation sites is 1. The van der Waals surface area contributed by atoms with Gasteiger partial charge < -0.3 is 10.4 Å². The van der Waals surface area contributed by atoms with Crippen molar-refractivity contribution in [3.63, 3.8) is 0 Å². The van der Waals surface area contributed by atoms with Crippen molar-refractivity contribution in [3.8, 4) is 9.75 Å². The maximum atomic E-state index is 12.4. The van der Waals surface area contributed by atoms with E-state index in [-0.39, 0.29) is 12.3 Å². The van der Waals surface area contributed by atoms with Gasteiger partial charge in [0.1, 0.15) is 0 Å². The Morgan fingerprint density at radius 3 is 2.52 bits per heavy atom. The normalized spacial score (nSPS) is 10.4. The zero-order valence-corrected chi connectivity index (χ0v) is 13.6. The maximum absolute atomic E-state index is 12.4. The molecule has 0 aliphatic heterocycles. The number of nitrogens with one attached hydrogen (secondary N) is 1. The van der Waals surface area contributed by atoms with Crippen molar-refractivity contribution in [1.82, 2.24) is 0 Å².